The molecule has 2 aromatic carbocycles. The SMILES string of the molecule is COc1cccc(OCCNc2ccc(C)cc2)c1. The molecule has 0 spiro atoms. The van der Waals surface area contributed by atoms with Crippen LogP contribution < -0.4 is 14.8 Å². The quantitative estimate of drug-likeness (QED) is 0.803. The standard InChI is InChI=1S/C16H19NO2/c1-13-6-8-14(9-7-13)17-10-11-19-16-5-3-4-15(12-16)18-2/h3-9,12,17H,10-11H2,1-2H3. The first-order valence-electron chi connectivity index (χ1n) is 6.35. The Balaban J connectivity index is 1.75. The van der Waals surface area contributed by atoms with Crippen LogP contribution in [0.15, 0.2) is 48.5 Å². The number of hydrogen-bond donors (Lipinski definition) is 1. The summed E-state index contributed by atoms with van der Waals surface area (Å²) < 4.78 is 10.8. The second kappa shape index (κ2) is 6.69. The third-order valence-corrected chi connectivity index (χ3v) is 2.79. The molecule has 0 aliphatic heterocycles. The number of ether oxygens (including phenoxy) is 2. The van der Waals surface area contributed by atoms with E-state index in [-0.39, 0.29) is 0 Å². The van der Waals surface area contributed by atoms with E-state index in [1.807, 2.05) is 24.3 Å². The molecule has 0 saturated carbocycles. The summed E-state index contributed by atoms with van der Waals surface area (Å²) in [4.78, 5) is 0. The van der Waals surface area contributed by atoms with Gasteiger partial charge in [-0.25, -0.2) is 0 Å². The zero-order valence-corrected chi connectivity index (χ0v) is 11.3. The second-order valence-corrected chi connectivity index (χ2v) is 4.32. The van der Waals surface area contributed by atoms with Crippen molar-refractivity contribution in [1.29, 1.82) is 0 Å². The Morgan fingerprint density at radius 2 is 1.74 bits per heavy atom. The third-order valence-electron chi connectivity index (χ3n) is 2.79. The number of benzene rings is 2. The highest BCUT2D eigenvalue weighted by atomic mass is 16.5. The molecule has 2 aromatic rings. The molecule has 0 atom stereocenters. The van der Waals surface area contributed by atoms with Gasteiger partial charge in [0, 0.05) is 18.3 Å². The first kappa shape index (κ1) is 13.3. The van der Waals surface area contributed by atoms with Crippen molar-refractivity contribution < 1.29 is 9.47 Å². The fraction of sp³-hybridized carbons (Fsp3) is 0.250. The third kappa shape index (κ3) is 4.21. The van der Waals surface area contributed by atoms with Crippen LogP contribution in [0, 0.1) is 6.92 Å². The van der Waals surface area contributed by atoms with Gasteiger partial charge in [-0.3, -0.25) is 0 Å². The van der Waals surface area contributed by atoms with Crippen LogP contribution >= 0.6 is 0 Å². The summed E-state index contributed by atoms with van der Waals surface area (Å²) >= 11 is 0. The van der Waals surface area contributed by atoms with Gasteiger partial charge in [-0.15, -0.1) is 0 Å². The minimum absolute atomic E-state index is 0.612. The Morgan fingerprint density at radius 3 is 2.47 bits per heavy atom. The van der Waals surface area contributed by atoms with E-state index in [9.17, 15) is 0 Å². The Bertz CT molecular complexity index is 508. The molecule has 0 heterocycles. The lowest BCUT2D eigenvalue weighted by molar-refractivity contribution is 0.329. The molecule has 0 radical (unpaired) electrons. The van der Waals surface area contributed by atoms with Crippen molar-refractivity contribution >= 4 is 5.69 Å². The molecule has 0 aliphatic rings. The van der Waals surface area contributed by atoms with Gasteiger partial charge in [-0.2, -0.15) is 0 Å². The maximum Gasteiger partial charge on any atom is 0.123 e. The van der Waals surface area contributed by atoms with E-state index in [2.05, 4.69) is 36.5 Å². The Morgan fingerprint density at radius 1 is 1.00 bits per heavy atom. The van der Waals surface area contributed by atoms with Crippen molar-refractivity contribution in [2.75, 3.05) is 25.6 Å². The van der Waals surface area contributed by atoms with Crippen LogP contribution in [0.4, 0.5) is 5.69 Å². The summed E-state index contributed by atoms with van der Waals surface area (Å²) in [5, 5.41) is 3.31. The molecule has 0 amide bonds. The van der Waals surface area contributed by atoms with Crippen LogP contribution in [0.25, 0.3) is 0 Å². The molecule has 100 valence electrons. The predicted octanol–water partition coefficient (Wildman–Crippen LogP) is 3.49. The number of hydrogen-bond acceptors (Lipinski definition) is 3. The summed E-state index contributed by atoms with van der Waals surface area (Å²) in [6.45, 7) is 3.46. The lowest BCUT2D eigenvalue weighted by Crippen LogP contribution is -2.11. The topological polar surface area (TPSA) is 30.5 Å². The van der Waals surface area contributed by atoms with Crippen LogP contribution in [0.2, 0.25) is 0 Å². The van der Waals surface area contributed by atoms with Crippen LogP contribution in [0.5, 0.6) is 11.5 Å². The van der Waals surface area contributed by atoms with Crippen LogP contribution in [0.1, 0.15) is 5.56 Å². The number of methoxy groups -OCH3 is 1. The number of aryl methyl sites for hydroxylation is 1. The smallest absolute Gasteiger partial charge is 0.123 e. The van der Waals surface area contributed by atoms with Crippen LogP contribution in [0.3, 0.4) is 0 Å². The minimum Gasteiger partial charge on any atom is -0.497 e. The molecule has 3 nitrogen and oxygen atoms in total. The molecule has 3 heteroatoms. The average Bonchev–Trinajstić information content (AvgIpc) is 2.46. The first-order valence-corrected chi connectivity index (χ1v) is 6.35. The van der Waals surface area contributed by atoms with E-state index < -0.39 is 0 Å². The Labute approximate surface area is 114 Å². The molecule has 0 aliphatic carbocycles. The number of nitrogens with one attached hydrogen (secondary N) is 1. The normalized spacial score (nSPS) is 10.0. The molecule has 2 rings (SSSR count). The van der Waals surface area contributed by atoms with Gasteiger partial charge in [0.05, 0.1) is 7.11 Å². The summed E-state index contributed by atoms with van der Waals surface area (Å²) in [5.74, 6) is 1.63. The van der Waals surface area contributed by atoms with E-state index in [0.29, 0.717) is 6.61 Å². The lowest BCUT2D eigenvalue weighted by atomic mass is 10.2. The van der Waals surface area contributed by atoms with Crippen molar-refractivity contribution in [2.45, 2.75) is 6.92 Å². The van der Waals surface area contributed by atoms with Crippen molar-refractivity contribution in [3.8, 4) is 11.5 Å². The van der Waals surface area contributed by atoms with Crippen LogP contribution in [-0.4, -0.2) is 20.3 Å². The van der Waals surface area contributed by atoms with Gasteiger partial charge in [0.15, 0.2) is 0 Å². The molecule has 1 N–H and O–H groups in total. The van der Waals surface area contributed by atoms with E-state index in [1.54, 1.807) is 7.11 Å². The highest BCUT2D eigenvalue weighted by Crippen LogP contribution is 2.18. The van der Waals surface area contributed by atoms with E-state index in [4.69, 9.17) is 9.47 Å². The summed E-state index contributed by atoms with van der Waals surface area (Å²) in [6.07, 6.45) is 0. The molecule has 0 unspecified atom stereocenters. The molecule has 0 saturated heterocycles. The fourth-order valence-electron chi connectivity index (χ4n) is 1.73. The summed E-state index contributed by atoms with van der Waals surface area (Å²) in [6, 6.07) is 15.9. The van der Waals surface area contributed by atoms with Crippen molar-refractivity contribution in [1.82, 2.24) is 0 Å². The van der Waals surface area contributed by atoms with Gasteiger partial charge in [0.2, 0.25) is 0 Å². The Kier molecular flexibility index (Phi) is 4.67. The predicted molar refractivity (Wildman–Crippen MR) is 78.2 cm³/mol. The van der Waals surface area contributed by atoms with E-state index in [1.165, 1.54) is 5.56 Å². The van der Waals surface area contributed by atoms with Gasteiger partial charge in [-0.05, 0) is 31.2 Å². The van der Waals surface area contributed by atoms with Crippen LogP contribution in [-0.2, 0) is 0 Å². The second-order valence-electron chi connectivity index (χ2n) is 4.32. The number of rotatable bonds is 6. The van der Waals surface area contributed by atoms with Crippen molar-refractivity contribution in [3.05, 3.63) is 54.1 Å². The van der Waals surface area contributed by atoms with Gasteiger partial charge in [-0.1, -0.05) is 23.8 Å². The molecule has 0 aromatic heterocycles. The first-order chi connectivity index (χ1) is 9.28. The molecular weight excluding hydrogens is 238 g/mol. The zero-order chi connectivity index (χ0) is 13.5. The van der Waals surface area contributed by atoms with E-state index >= 15 is 0 Å². The van der Waals surface area contributed by atoms with Crippen molar-refractivity contribution in [3.63, 3.8) is 0 Å². The highest BCUT2D eigenvalue weighted by molar-refractivity contribution is 5.44. The molecule has 0 bridgehead atoms. The van der Waals surface area contributed by atoms with E-state index in [0.717, 1.165) is 23.7 Å². The minimum atomic E-state index is 0.612. The Hall–Kier alpha value is -2.16. The van der Waals surface area contributed by atoms with Crippen molar-refractivity contribution in [2.24, 2.45) is 0 Å². The molecular formula is C16H19NO2. The fourth-order valence-corrected chi connectivity index (χ4v) is 1.73. The number of anilines is 1. The monoisotopic (exact) mass is 257 g/mol. The zero-order valence-electron chi connectivity index (χ0n) is 11.3. The van der Waals surface area contributed by atoms with Gasteiger partial charge < -0.3 is 14.8 Å². The average molecular weight is 257 g/mol. The van der Waals surface area contributed by atoms with Gasteiger partial charge in [0.1, 0.15) is 18.1 Å². The van der Waals surface area contributed by atoms with Gasteiger partial charge in [0.25, 0.3) is 0 Å². The lowest BCUT2D eigenvalue weighted by Gasteiger charge is -2.09. The maximum atomic E-state index is 5.65. The summed E-state index contributed by atoms with van der Waals surface area (Å²) in [7, 11) is 1.65. The largest absolute Gasteiger partial charge is 0.497 e. The molecule has 19 heavy (non-hydrogen) atoms. The maximum absolute atomic E-state index is 5.65. The highest BCUT2D eigenvalue weighted by Gasteiger charge is 1.96. The summed E-state index contributed by atoms with van der Waals surface area (Å²) in [5.41, 5.74) is 2.37. The van der Waals surface area contributed by atoms with Gasteiger partial charge >= 0.3 is 0 Å². The molecule has 0 fully saturated rings.